The van der Waals surface area contributed by atoms with Crippen LogP contribution in [0.3, 0.4) is 0 Å². The summed E-state index contributed by atoms with van der Waals surface area (Å²) < 4.78 is 7.55. The van der Waals surface area contributed by atoms with Gasteiger partial charge < -0.3 is 4.74 Å². The van der Waals surface area contributed by atoms with Gasteiger partial charge in [-0.15, -0.1) is 0 Å². The van der Waals surface area contributed by atoms with Crippen molar-refractivity contribution in [2.45, 2.75) is 13.0 Å². The Morgan fingerprint density at radius 2 is 1.94 bits per heavy atom. The molecule has 5 nitrogen and oxygen atoms in total. The molecule has 90 valence electrons. The van der Waals surface area contributed by atoms with Gasteiger partial charge in [0.2, 0.25) is 0 Å². The van der Waals surface area contributed by atoms with Crippen molar-refractivity contribution >= 4 is 5.78 Å². The third-order valence-corrected chi connectivity index (χ3v) is 2.68. The molecule has 0 saturated heterocycles. The quantitative estimate of drug-likeness (QED) is 0.704. The highest BCUT2D eigenvalue weighted by Gasteiger charge is 2.12. The van der Waals surface area contributed by atoms with E-state index in [2.05, 4.69) is 15.1 Å². The lowest BCUT2D eigenvalue weighted by Gasteiger charge is -2.15. The molecule has 18 heavy (non-hydrogen) atoms. The van der Waals surface area contributed by atoms with Gasteiger partial charge in [0.1, 0.15) is 18.2 Å². The summed E-state index contributed by atoms with van der Waals surface area (Å²) in [6, 6.07) is 11.6. The lowest BCUT2D eigenvalue weighted by molar-refractivity contribution is 0.218. The summed E-state index contributed by atoms with van der Waals surface area (Å²) in [4.78, 5) is 8.18. The van der Waals surface area contributed by atoms with Crippen molar-refractivity contribution in [3.8, 4) is 5.75 Å². The van der Waals surface area contributed by atoms with Crippen LogP contribution in [0.2, 0.25) is 0 Å². The van der Waals surface area contributed by atoms with Gasteiger partial charge in [-0.25, -0.2) is 4.98 Å². The summed E-state index contributed by atoms with van der Waals surface area (Å²) >= 11 is 0. The van der Waals surface area contributed by atoms with E-state index in [1.165, 1.54) is 6.33 Å². The molecule has 0 amide bonds. The molecule has 2 aromatic heterocycles. The van der Waals surface area contributed by atoms with E-state index in [1.807, 2.05) is 43.3 Å². The zero-order chi connectivity index (χ0) is 12.4. The number of para-hydroxylation sites is 1. The predicted molar refractivity (Wildman–Crippen MR) is 66.3 cm³/mol. The highest BCUT2D eigenvalue weighted by atomic mass is 16.5. The van der Waals surface area contributed by atoms with Crippen molar-refractivity contribution in [1.29, 1.82) is 0 Å². The van der Waals surface area contributed by atoms with Gasteiger partial charge in [0.05, 0.1) is 5.69 Å². The van der Waals surface area contributed by atoms with E-state index in [0.29, 0.717) is 5.78 Å². The molecule has 1 atom stereocenters. The lowest BCUT2D eigenvalue weighted by atomic mass is 10.2. The van der Waals surface area contributed by atoms with Crippen LogP contribution in [0.1, 0.15) is 18.7 Å². The Morgan fingerprint density at radius 1 is 1.11 bits per heavy atom. The third kappa shape index (κ3) is 1.90. The summed E-state index contributed by atoms with van der Waals surface area (Å²) in [7, 11) is 0. The van der Waals surface area contributed by atoms with Gasteiger partial charge in [0, 0.05) is 6.20 Å². The number of hydrogen-bond donors (Lipinski definition) is 0. The smallest absolute Gasteiger partial charge is 0.252 e. The zero-order valence-corrected chi connectivity index (χ0v) is 9.89. The van der Waals surface area contributed by atoms with E-state index >= 15 is 0 Å². The van der Waals surface area contributed by atoms with Crippen LogP contribution in [0.5, 0.6) is 5.75 Å². The fourth-order valence-electron chi connectivity index (χ4n) is 1.83. The summed E-state index contributed by atoms with van der Waals surface area (Å²) in [6.45, 7) is 1.98. The molecule has 0 unspecified atom stereocenters. The minimum atomic E-state index is -0.125. The summed E-state index contributed by atoms with van der Waals surface area (Å²) in [6.07, 6.45) is 3.07. The average Bonchev–Trinajstić information content (AvgIpc) is 2.87. The first-order valence-corrected chi connectivity index (χ1v) is 5.71. The molecule has 0 saturated carbocycles. The first-order valence-electron chi connectivity index (χ1n) is 5.71. The second-order valence-electron chi connectivity index (χ2n) is 3.91. The molecular formula is C13H12N4O. The molecule has 5 heteroatoms. The molecule has 3 rings (SSSR count). The van der Waals surface area contributed by atoms with Gasteiger partial charge >= 0.3 is 0 Å². The van der Waals surface area contributed by atoms with E-state index in [1.54, 1.807) is 10.7 Å². The van der Waals surface area contributed by atoms with Crippen molar-refractivity contribution in [2.75, 3.05) is 0 Å². The molecule has 0 aliphatic carbocycles. The molecule has 0 radical (unpaired) electrons. The highest BCUT2D eigenvalue weighted by Crippen LogP contribution is 2.20. The molecule has 0 aliphatic heterocycles. The maximum Gasteiger partial charge on any atom is 0.252 e. The average molecular weight is 240 g/mol. The molecule has 0 N–H and O–H groups in total. The van der Waals surface area contributed by atoms with Crippen molar-refractivity contribution < 1.29 is 4.74 Å². The standard InChI is InChI=1S/C13H12N4O/c1-10(18-11-5-3-2-4-6-11)12-7-8-14-13-15-9-16-17(12)13/h2-10H,1H3/t10-/m0/s1. The molecule has 0 bridgehead atoms. The second kappa shape index (κ2) is 4.44. The van der Waals surface area contributed by atoms with Gasteiger partial charge in [-0.05, 0) is 25.1 Å². The Bertz CT molecular complexity index is 650. The van der Waals surface area contributed by atoms with E-state index < -0.39 is 0 Å². The number of aromatic nitrogens is 4. The van der Waals surface area contributed by atoms with Crippen LogP contribution in [-0.4, -0.2) is 19.6 Å². The van der Waals surface area contributed by atoms with Gasteiger partial charge in [-0.1, -0.05) is 18.2 Å². The Kier molecular flexibility index (Phi) is 2.64. The largest absolute Gasteiger partial charge is 0.484 e. The topological polar surface area (TPSA) is 52.3 Å². The summed E-state index contributed by atoms with van der Waals surface area (Å²) in [5.41, 5.74) is 0.918. The number of fused-ring (bicyclic) bond motifs is 1. The zero-order valence-electron chi connectivity index (χ0n) is 9.89. The predicted octanol–water partition coefficient (Wildman–Crippen LogP) is 2.26. The first-order chi connectivity index (χ1) is 8.84. The van der Waals surface area contributed by atoms with Gasteiger partial charge in [0.25, 0.3) is 5.78 Å². The maximum absolute atomic E-state index is 5.86. The summed E-state index contributed by atoms with van der Waals surface area (Å²) in [5, 5.41) is 4.14. The van der Waals surface area contributed by atoms with Crippen LogP contribution in [-0.2, 0) is 0 Å². The van der Waals surface area contributed by atoms with Crippen molar-refractivity contribution in [1.82, 2.24) is 19.6 Å². The molecule has 3 aromatic rings. The minimum Gasteiger partial charge on any atom is -0.484 e. The van der Waals surface area contributed by atoms with Crippen molar-refractivity contribution in [2.24, 2.45) is 0 Å². The fraction of sp³-hybridized carbons (Fsp3) is 0.154. The normalized spacial score (nSPS) is 12.5. The number of benzene rings is 1. The molecular weight excluding hydrogens is 228 g/mol. The van der Waals surface area contributed by atoms with Crippen LogP contribution in [0, 0.1) is 0 Å². The number of hydrogen-bond acceptors (Lipinski definition) is 4. The molecule has 0 spiro atoms. The van der Waals surface area contributed by atoms with E-state index in [9.17, 15) is 0 Å². The van der Waals surface area contributed by atoms with Crippen molar-refractivity contribution in [3.05, 3.63) is 54.6 Å². The van der Waals surface area contributed by atoms with Crippen LogP contribution >= 0.6 is 0 Å². The van der Waals surface area contributed by atoms with Gasteiger partial charge in [-0.3, -0.25) is 0 Å². The maximum atomic E-state index is 5.86. The minimum absolute atomic E-state index is 0.125. The second-order valence-corrected chi connectivity index (χ2v) is 3.91. The lowest BCUT2D eigenvalue weighted by Crippen LogP contribution is -2.09. The first kappa shape index (κ1) is 10.7. The summed E-state index contributed by atoms with van der Waals surface area (Å²) in [5.74, 6) is 1.41. The van der Waals surface area contributed by atoms with E-state index in [4.69, 9.17) is 4.74 Å². The SMILES string of the molecule is C[C@H](Oc1ccccc1)c1ccnc2ncnn12. The van der Waals surface area contributed by atoms with Crippen LogP contribution in [0.25, 0.3) is 5.78 Å². The van der Waals surface area contributed by atoms with Crippen LogP contribution < -0.4 is 4.74 Å². The number of rotatable bonds is 3. The van der Waals surface area contributed by atoms with Gasteiger partial charge in [0.15, 0.2) is 0 Å². The molecule has 1 aromatic carbocycles. The Hall–Kier alpha value is -2.43. The molecule has 0 aliphatic rings. The monoisotopic (exact) mass is 240 g/mol. The van der Waals surface area contributed by atoms with Crippen molar-refractivity contribution in [3.63, 3.8) is 0 Å². The third-order valence-electron chi connectivity index (χ3n) is 2.68. The number of ether oxygens (including phenoxy) is 1. The van der Waals surface area contributed by atoms with Gasteiger partial charge in [-0.2, -0.15) is 14.6 Å². The van der Waals surface area contributed by atoms with E-state index in [0.717, 1.165) is 11.4 Å². The Balaban J connectivity index is 1.92. The van der Waals surface area contributed by atoms with E-state index in [-0.39, 0.29) is 6.10 Å². The molecule has 2 heterocycles. The fourth-order valence-corrected chi connectivity index (χ4v) is 1.83. The Labute approximate surface area is 104 Å². The highest BCUT2D eigenvalue weighted by molar-refractivity contribution is 5.28. The Morgan fingerprint density at radius 3 is 2.78 bits per heavy atom. The molecule has 0 fully saturated rings. The van der Waals surface area contributed by atoms with Crippen LogP contribution in [0.4, 0.5) is 0 Å². The number of nitrogens with zero attached hydrogens (tertiary/aromatic N) is 4. The van der Waals surface area contributed by atoms with Crippen LogP contribution in [0.15, 0.2) is 48.9 Å².